The maximum atomic E-state index is 10.7. The van der Waals surface area contributed by atoms with Crippen LogP contribution in [0.15, 0.2) is 35.9 Å². The van der Waals surface area contributed by atoms with Gasteiger partial charge in [0.1, 0.15) is 0 Å². The molecule has 17 heavy (non-hydrogen) atoms. The first-order valence-electron chi connectivity index (χ1n) is 5.84. The van der Waals surface area contributed by atoms with Crippen LogP contribution < -0.4 is 4.90 Å². The van der Waals surface area contributed by atoms with Crippen molar-refractivity contribution in [2.45, 2.75) is 26.3 Å². The zero-order chi connectivity index (χ0) is 12.4. The van der Waals surface area contributed by atoms with Gasteiger partial charge in [-0.05, 0) is 31.9 Å². The van der Waals surface area contributed by atoms with E-state index in [-0.39, 0.29) is 0 Å². The molecule has 1 aromatic carbocycles. The van der Waals surface area contributed by atoms with Gasteiger partial charge in [-0.1, -0.05) is 24.3 Å². The number of para-hydroxylation sites is 1. The molecule has 0 saturated carbocycles. The molecule has 0 aromatic heterocycles. The third-order valence-corrected chi connectivity index (χ3v) is 3.28. The van der Waals surface area contributed by atoms with Gasteiger partial charge >= 0.3 is 5.97 Å². The molecule has 0 spiro atoms. The van der Waals surface area contributed by atoms with Gasteiger partial charge in [0.05, 0.1) is 0 Å². The molecule has 0 fully saturated rings. The minimum Gasteiger partial charge on any atom is -0.478 e. The summed E-state index contributed by atoms with van der Waals surface area (Å²) in [6, 6.07) is 8.75. The van der Waals surface area contributed by atoms with Crippen LogP contribution in [-0.2, 0) is 11.2 Å². The van der Waals surface area contributed by atoms with Crippen molar-refractivity contribution in [3.05, 3.63) is 41.5 Å². The molecule has 1 atom stereocenters. The standard InChI is InChI=1S/C14H17NO2/c1-10(14(16)17)7-8-15-11(2)9-12-5-3-4-6-13(12)15/h3-7,11H,8-9H2,1-2H3,(H,16,17). The molecule has 0 aliphatic carbocycles. The Morgan fingerprint density at radius 3 is 2.94 bits per heavy atom. The second-order valence-electron chi connectivity index (χ2n) is 4.53. The van der Waals surface area contributed by atoms with E-state index in [1.54, 1.807) is 13.0 Å². The largest absolute Gasteiger partial charge is 0.478 e. The number of carboxylic acid groups (broad SMARTS) is 1. The molecule has 3 nitrogen and oxygen atoms in total. The Morgan fingerprint density at radius 2 is 2.24 bits per heavy atom. The van der Waals surface area contributed by atoms with Crippen LogP contribution >= 0.6 is 0 Å². The van der Waals surface area contributed by atoms with E-state index in [0.29, 0.717) is 18.2 Å². The molecule has 1 unspecified atom stereocenters. The van der Waals surface area contributed by atoms with Crippen LogP contribution in [0, 0.1) is 0 Å². The second kappa shape index (κ2) is 4.62. The van der Waals surface area contributed by atoms with Crippen molar-refractivity contribution in [2.24, 2.45) is 0 Å². The smallest absolute Gasteiger partial charge is 0.331 e. The fourth-order valence-electron chi connectivity index (χ4n) is 2.23. The molecular formula is C14H17NO2. The number of hydrogen-bond acceptors (Lipinski definition) is 2. The summed E-state index contributed by atoms with van der Waals surface area (Å²) in [5, 5.41) is 8.83. The third kappa shape index (κ3) is 2.33. The average Bonchev–Trinajstić information content (AvgIpc) is 2.61. The van der Waals surface area contributed by atoms with Gasteiger partial charge in [0.15, 0.2) is 0 Å². The highest BCUT2D eigenvalue weighted by atomic mass is 16.4. The van der Waals surface area contributed by atoms with E-state index >= 15 is 0 Å². The van der Waals surface area contributed by atoms with Gasteiger partial charge in [-0.25, -0.2) is 4.79 Å². The quantitative estimate of drug-likeness (QED) is 0.812. The van der Waals surface area contributed by atoms with Crippen molar-refractivity contribution in [3.8, 4) is 0 Å². The lowest BCUT2D eigenvalue weighted by Crippen LogP contribution is -2.29. The Bertz CT molecular complexity index is 465. The van der Waals surface area contributed by atoms with Gasteiger partial charge in [0.2, 0.25) is 0 Å². The monoisotopic (exact) mass is 231 g/mol. The van der Waals surface area contributed by atoms with Crippen molar-refractivity contribution in [1.29, 1.82) is 0 Å². The first-order valence-corrected chi connectivity index (χ1v) is 5.84. The van der Waals surface area contributed by atoms with Crippen LogP contribution in [0.3, 0.4) is 0 Å². The Labute approximate surface area is 101 Å². The molecule has 0 bridgehead atoms. The molecule has 1 aromatic rings. The summed E-state index contributed by atoms with van der Waals surface area (Å²) in [6.07, 6.45) is 2.82. The second-order valence-corrected chi connectivity index (χ2v) is 4.53. The van der Waals surface area contributed by atoms with E-state index in [2.05, 4.69) is 24.0 Å². The van der Waals surface area contributed by atoms with E-state index in [0.717, 1.165) is 6.42 Å². The summed E-state index contributed by atoms with van der Waals surface area (Å²) < 4.78 is 0. The van der Waals surface area contributed by atoms with Crippen molar-refractivity contribution < 1.29 is 9.90 Å². The van der Waals surface area contributed by atoms with E-state index < -0.39 is 5.97 Å². The number of carboxylic acids is 1. The number of anilines is 1. The van der Waals surface area contributed by atoms with E-state index in [9.17, 15) is 4.79 Å². The van der Waals surface area contributed by atoms with Crippen molar-refractivity contribution in [3.63, 3.8) is 0 Å². The molecule has 1 aliphatic heterocycles. The van der Waals surface area contributed by atoms with Gasteiger partial charge < -0.3 is 10.0 Å². The highest BCUT2D eigenvalue weighted by Gasteiger charge is 2.24. The summed E-state index contributed by atoms with van der Waals surface area (Å²) in [5.74, 6) is -0.842. The van der Waals surface area contributed by atoms with Crippen molar-refractivity contribution in [1.82, 2.24) is 0 Å². The molecule has 1 heterocycles. The normalized spacial score (nSPS) is 19.3. The van der Waals surface area contributed by atoms with Crippen LogP contribution in [0.2, 0.25) is 0 Å². The lowest BCUT2D eigenvalue weighted by Gasteiger charge is -2.23. The van der Waals surface area contributed by atoms with Crippen LogP contribution in [0.25, 0.3) is 0 Å². The number of rotatable bonds is 3. The zero-order valence-corrected chi connectivity index (χ0v) is 10.2. The number of nitrogens with zero attached hydrogens (tertiary/aromatic N) is 1. The van der Waals surface area contributed by atoms with Crippen LogP contribution in [-0.4, -0.2) is 23.7 Å². The Hall–Kier alpha value is -1.77. The third-order valence-electron chi connectivity index (χ3n) is 3.28. The Balaban J connectivity index is 2.17. The van der Waals surface area contributed by atoms with E-state index in [1.807, 2.05) is 12.1 Å². The summed E-state index contributed by atoms with van der Waals surface area (Å²) in [7, 11) is 0. The lowest BCUT2D eigenvalue weighted by molar-refractivity contribution is -0.132. The first kappa shape index (κ1) is 11.7. The fourth-order valence-corrected chi connectivity index (χ4v) is 2.23. The maximum absolute atomic E-state index is 10.7. The van der Waals surface area contributed by atoms with Gasteiger partial charge in [-0.15, -0.1) is 0 Å². The predicted molar refractivity (Wildman–Crippen MR) is 68.3 cm³/mol. The van der Waals surface area contributed by atoms with Crippen molar-refractivity contribution in [2.75, 3.05) is 11.4 Å². The summed E-state index contributed by atoms with van der Waals surface area (Å²) in [5.41, 5.74) is 2.98. The minimum atomic E-state index is -0.842. The molecule has 0 saturated heterocycles. The van der Waals surface area contributed by atoms with Crippen LogP contribution in [0.5, 0.6) is 0 Å². The summed E-state index contributed by atoms with van der Waals surface area (Å²) in [4.78, 5) is 13.0. The SMILES string of the molecule is CC(=CCN1c2ccccc2CC1C)C(=O)O. The van der Waals surface area contributed by atoms with Crippen LogP contribution in [0.1, 0.15) is 19.4 Å². The molecule has 2 rings (SSSR count). The molecular weight excluding hydrogens is 214 g/mol. The van der Waals surface area contributed by atoms with Crippen molar-refractivity contribution >= 4 is 11.7 Å². The maximum Gasteiger partial charge on any atom is 0.331 e. The Kier molecular flexibility index (Phi) is 3.18. The number of aliphatic carboxylic acids is 1. The summed E-state index contributed by atoms with van der Waals surface area (Å²) in [6.45, 7) is 4.47. The average molecular weight is 231 g/mol. The zero-order valence-electron chi connectivity index (χ0n) is 10.2. The highest BCUT2D eigenvalue weighted by molar-refractivity contribution is 5.85. The number of benzene rings is 1. The summed E-state index contributed by atoms with van der Waals surface area (Å²) >= 11 is 0. The highest BCUT2D eigenvalue weighted by Crippen LogP contribution is 2.31. The van der Waals surface area contributed by atoms with E-state index in [1.165, 1.54) is 11.3 Å². The van der Waals surface area contributed by atoms with Crippen LogP contribution in [0.4, 0.5) is 5.69 Å². The fraction of sp³-hybridized carbons (Fsp3) is 0.357. The number of hydrogen-bond donors (Lipinski definition) is 1. The minimum absolute atomic E-state index is 0.404. The lowest BCUT2D eigenvalue weighted by atomic mass is 10.1. The predicted octanol–water partition coefficient (Wildman–Crippen LogP) is 2.47. The van der Waals surface area contributed by atoms with E-state index in [4.69, 9.17) is 5.11 Å². The molecule has 1 N–H and O–H groups in total. The molecule has 90 valence electrons. The topological polar surface area (TPSA) is 40.5 Å². The molecule has 3 heteroatoms. The molecule has 1 aliphatic rings. The van der Waals surface area contributed by atoms with Gasteiger partial charge in [0, 0.05) is 23.8 Å². The number of carbonyl (C=O) groups is 1. The number of fused-ring (bicyclic) bond motifs is 1. The first-order chi connectivity index (χ1) is 8.09. The molecule has 0 amide bonds. The van der Waals surface area contributed by atoms with Gasteiger partial charge in [0.25, 0.3) is 0 Å². The Morgan fingerprint density at radius 1 is 1.53 bits per heavy atom. The van der Waals surface area contributed by atoms with Gasteiger partial charge in [-0.2, -0.15) is 0 Å². The van der Waals surface area contributed by atoms with Gasteiger partial charge in [-0.3, -0.25) is 0 Å². The molecule has 0 radical (unpaired) electrons.